The van der Waals surface area contributed by atoms with E-state index in [2.05, 4.69) is 26.0 Å². The summed E-state index contributed by atoms with van der Waals surface area (Å²) in [7, 11) is 0. The van der Waals surface area contributed by atoms with Gasteiger partial charge in [0.15, 0.2) is 0 Å². The Balaban J connectivity index is 2.18. The van der Waals surface area contributed by atoms with Gasteiger partial charge in [-0.2, -0.15) is 0 Å². The van der Waals surface area contributed by atoms with Crippen molar-refractivity contribution < 1.29 is 4.39 Å². The van der Waals surface area contributed by atoms with Crippen molar-refractivity contribution in [2.24, 2.45) is 0 Å². The van der Waals surface area contributed by atoms with Crippen LogP contribution in [0.15, 0.2) is 42.5 Å². The lowest BCUT2D eigenvalue weighted by atomic mass is 10.0. The molecule has 0 unspecified atom stereocenters. The number of hydrogen-bond acceptors (Lipinski definition) is 0. The monoisotopic (exact) mass is 274 g/mol. The van der Waals surface area contributed by atoms with Crippen molar-refractivity contribution in [1.29, 1.82) is 0 Å². The van der Waals surface area contributed by atoms with Gasteiger partial charge in [0.2, 0.25) is 0 Å². The van der Waals surface area contributed by atoms with Crippen molar-refractivity contribution >= 4 is 23.8 Å². The van der Waals surface area contributed by atoms with E-state index >= 15 is 0 Å². The van der Waals surface area contributed by atoms with Gasteiger partial charge in [-0.05, 0) is 29.2 Å². The molecule has 0 N–H and O–H groups in total. The molecule has 0 nitrogen and oxygen atoms in total. The Kier molecular flexibility index (Phi) is 4.39. The van der Waals surface area contributed by atoms with Crippen LogP contribution in [0.25, 0.3) is 12.2 Å². The third-order valence-corrected chi connectivity index (χ3v) is 3.26. The lowest BCUT2D eigenvalue weighted by molar-refractivity contribution is 0.625. The van der Waals surface area contributed by atoms with Crippen molar-refractivity contribution in [3.8, 4) is 0 Å². The van der Waals surface area contributed by atoms with E-state index in [4.69, 9.17) is 11.6 Å². The van der Waals surface area contributed by atoms with E-state index < -0.39 is 0 Å². The van der Waals surface area contributed by atoms with Gasteiger partial charge in [0.25, 0.3) is 0 Å². The molecule has 0 saturated carbocycles. The molecule has 2 rings (SSSR count). The maximum atomic E-state index is 13.6. The second-order valence-corrected chi connectivity index (χ2v) is 5.26. The van der Waals surface area contributed by atoms with E-state index in [0.29, 0.717) is 16.5 Å². The third-order valence-electron chi connectivity index (χ3n) is 3.02. The topological polar surface area (TPSA) is 0 Å². The highest BCUT2D eigenvalue weighted by Gasteiger charge is 2.00. The molecule has 0 aliphatic carbocycles. The Morgan fingerprint density at radius 1 is 1.00 bits per heavy atom. The van der Waals surface area contributed by atoms with Gasteiger partial charge < -0.3 is 0 Å². The molecule has 0 bridgehead atoms. The van der Waals surface area contributed by atoms with Gasteiger partial charge in [0.05, 0.1) is 0 Å². The molecule has 2 aromatic rings. The average Bonchev–Trinajstić information content (AvgIpc) is 2.38. The number of rotatable bonds is 3. The first kappa shape index (κ1) is 13.8. The first-order chi connectivity index (χ1) is 9.06. The Morgan fingerprint density at radius 2 is 1.68 bits per heavy atom. The number of benzene rings is 2. The summed E-state index contributed by atoms with van der Waals surface area (Å²) >= 11 is 5.72. The molecule has 0 fully saturated rings. The summed E-state index contributed by atoms with van der Waals surface area (Å²) in [5.41, 5.74) is 2.89. The van der Waals surface area contributed by atoms with Crippen LogP contribution in [-0.4, -0.2) is 0 Å². The molecule has 2 aromatic carbocycles. The van der Waals surface area contributed by atoms with Crippen LogP contribution in [0, 0.1) is 5.82 Å². The lowest BCUT2D eigenvalue weighted by Crippen LogP contribution is -1.86. The van der Waals surface area contributed by atoms with Crippen LogP contribution in [0.1, 0.15) is 36.5 Å². The standard InChI is InChI=1S/C17H16ClF/c1-12(2)14-6-3-13(4-7-14)5-8-15-9-10-16(18)11-17(15)19/h3-12H,1-2H3. The second-order valence-electron chi connectivity index (χ2n) is 4.82. The maximum Gasteiger partial charge on any atom is 0.131 e. The predicted octanol–water partition coefficient (Wildman–Crippen LogP) is 5.77. The van der Waals surface area contributed by atoms with E-state index in [-0.39, 0.29) is 5.82 Å². The Morgan fingerprint density at radius 3 is 2.26 bits per heavy atom. The molecular weight excluding hydrogens is 259 g/mol. The Bertz CT molecular complexity index is 583. The van der Waals surface area contributed by atoms with Crippen molar-refractivity contribution in [3.63, 3.8) is 0 Å². The number of hydrogen-bond donors (Lipinski definition) is 0. The molecule has 0 aliphatic heterocycles. The van der Waals surface area contributed by atoms with E-state index in [1.165, 1.54) is 11.6 Å². The summed E-state index contributed by atoms with van der Waals surface area (Å²) in [5.74, 6) is 0.217. The van der Waals surface area contributed by atoms with Crippen LogP contribution < -0.4 is 0 Å². The molecule has 0 radical (unpaired) electrons. The van der Waals surface area contributed by atoms with Crippen LogP contribution in [0.3, 0.4) is 0 Å². The Hall–Kier alpha value is -1.60. The van der Waals surface area contributed by atoms with Crippen LogP contribution >= 0.6 is 11.6 Å². The minimum atomic E-state index is -0.303. The highest BCUT2D eigenvalue weighted by atomic mass is 35.5. The highest BCUT2D eigenvalue weighted by Crippen LogP contribution is 2.18. The van der Waals surface area contributed by atoms with E-state index in [0.717, 1.165) is 5.56 Å². The summed E-state index contributed by atoms with van der Waals surface area (Å²) in [6.07, 6.45) is 3.66. The predicted molar refractivity (Wildman–Crippen MR) is 80.9 cm³/mol. The van der Waals surface area contributed by atoms with Crippen molar-refractivity contribution in [1.82, 2.24) is 0 Å². The molecule has 0 aliphatic rings. The fourth-order valence-corrected chi connectivity index (χ4v) is 1.97. The quantitative estimate of drug-likeness (QED) is 0.623. The molecule has 98 valence electrons. The third kappa shape index (κ3) is 3.68. The molecule has 0 atom stereocenters. The normalized spacial score (nSPS) is 11.4. The van der Waals surface area contributed by atoms with Gasteiger partial charge in [-0.1, -0.05) is 67.9 Å². The van der Waals surface area contributed by atoms with Gasteiger partial charge in [-0.25, -0.2) is 4.39 Å². The number of halogens is 2. The van der Waals surface area contributed by atoms with Gasteiger partial charge >= 0.3 is 0 Å². The smallest absolute Gasteiger partial charge is 0.131 e. The zero-order chi connectivity index (χ0) is 13.8. The molecular formula is C17H16ClF. The molecule has 0 heterocycles. The van der Waals surface area contributed by atoms with Crippen molar-refractivity contribution in [2.75, 3.05) is 0 Å². The molecule has 0 spiro atoms. The van der Waals surface area contributed by atoms with Crippen LogP contribution in [0.4, 0.5) is 4.39 Å². The van der Waals surface area contributed by atoms with E-state index in [1.54, 1.807) is 18.2 Å². The molecule has 0 aromatic heterocycles. The summed E-state index contributed by atoms with van der Waals surface area (Å²) < 4.78 is 13.6. The SMILES string of the molecule is CC(C)c1ccc(C=Cc2ccc(Cl)cc2F)cc1. The summed E-state index contributed by atoms with van der Waals surface area (Å²) in [5, 5.41) is 0.413. The minimum Gasteiger partial charge on any atom is -0.206 e. The second kappa shape index (κ2) is 6.03. The van der Waals surface area contributed by atoms with E-state index in [9.17, 15) is 4.39 Å². The first-order valence-corrected chi connectivity index (χ1v) is 6.67. The van der Waals surface area contributed by atoms with Crippen molar-refractivity contribution in [3.05, 3.63) is 70.0 Å². The fraction of sp³-hybridized carbons (Fsp3) is 0.176. The van der Waals surface area contributed by atoms with Crippen LogP contribution in [0.5, 0.6) is 0 Å². The average molecular weight is 275 g/mol. The zero-order valence-corrected chi connectivity index (χ0v) is 11.8. The first-order valence-electron chi connectivity index (χ1n) is 6.29. The van der Waals surface area contributed by atoms with Gasteiger partial charge in [-0.15, -0.1) is 0 Å². The van der Waals surface area contributed by atoms with Gasteiger partial charge in [0.1, 0.15) is 5.82 Å². The highest BCUT2D eigenvalue weighted by molar-refractivity contribution is 6.30. The summed E-state index contributed by atoms with van der Waals surface area (Å²) in [6, 6.07) is 13.0. The van der Waals surface area contributed by atoms with Crippen molar-refractivity contribution in [2.45, 2.75) is 19.8 Å². The summed E-state index contributed by atoms with van der Waals surface area (Å²) in [4.78, 5) is 0. The Labute approximate surface area is 118 Å². The molecule has 2 heteroatoms. The lowest BCUT2D eigenvalue weighted by Gasteiger charge is -2.04. The minimum absolute atomic E-state index is 0.303. The van der Waals surface area contributed by atoms with Crippen LogP contribution in [-0.2, 0) is 0 Å². The van der Waals surface area contributed by atoms with Gasteiger partial charge in [0, 0.05) is 10.6 Å². The fourth-order valence-electron chi connectivity index (χ4n) is 1.81. The summed E-state index contributed by atoms with van der Waals surface area (Å²) in [6.45, 7) is 4.32. The van der Waals surface area contributed by atoms with Gasteiger partial charge in [-0.3, -0.25) is 0 Å². The molecule has 0 amide bonds. The van der Waals surface area contributed by atoms with Crippen LogP contribution in [0.2, 0.25) is 5.02 Å². The molecule has 19 heavy (non-hydrogen) atoms. The maximum absolute atomic E-state index is 13.6. The molecule has 0 saturated heterocycles. The van der Waals surface area contributed by atoms with E-state index in [1.807, 2.05) is 18.2 Å². The largest absolute Gasteiger partial charge is 0.206 e. The zero-order valence-electron chi connectivity index (χ0n) is 11.0.